The molecule has 0 unspecified atom stereocenters. The molecule has 7 heteroatoms. The fraction of sp³-hybridized carbons (Fsp3) is 0.100. The molecule has 0 radical (unpaired) electrons. The van der Waals surface area contributed by atoms with E-state index in [2.05, 4.69) is 15.3 Å². The first-order valence-corrected chi connectivity index (χ1v) is 8.73. The summed E-state index contributed by atoms with van der Waals surface area (Å²) in [7, 11) is 1.62. The predicted molar refractivity (Wildman–Crippen MR) is 107 cm³/mol. The molecular formula is C20H17ClN4O2. The lowest BCUT2D eigenvalue weighted by molar-refractivity contribution is 0.413. The number of aromatic amines is 1. The molecule has 0 atom stereocenters. The Labute approximate surface area is 160 Å². The number of anilines is 1. The number of nitrogens with one attached hydrogen (secondary N) is 2. The topological polar surface area (TPSA) is 71.9 Å². The highest BCUT2D eigenvalue weighted by Gasteiger charge is 2.08. The summed E-state index contributed by atoms with van der Waals surface area (Å²) in [5.41, 5.74) is 3.00. The standard InChI is InChI=1S/C20H17ClN4O2/c1-27-19-10-16(3-5-18(19)25-7-6-22-12-25)23-11-14-8-13-9-15(21)2-4-17(13)24-20(14)26/h2-10,12,23H,11H2,1H3,(H,24,26). The Hall–Kier alpha value is -3.25. The smallest absolute Gasteiger partial charge is 0.253 e. The quantitative estimate of drug-likeness (QED) is 0.549. The van der Waals surface area contributed by atoms with E-state index in [0.717, 1.165) is 22.3 Å². The Morgan fingerprint density at radius 1 is 1.22 bits per heavy atom. The maximum atomic E-state index is 12.3. The van der Waals surface area contributed by atoms with Crippen molar-refractivity contribution in [2.75, 3.05) is 12.4 Å². The van der Waals surface area contributed by atoms with Crippen molar-refractivity contribution in [1.82, 2.24) is 14.5 Å². The van der Waals surface area contributed by atoms with Crippen LogP contribution in [0.4, 0.5) is 5.69 Å². The van der Waals surface area contributed by atoms with Gasteiger partial charge in [-0.05, 0) is 36.4 Å². The van der Waals surface area contributed by atoms with E-state index in [0.29, 0.717) is 22.9 Å². The fourth-order valence-corrected chi connectivity index (χ4v) is 3.13. The van der Waals surface area contributed by atoms with Crippen LogP contribution in [0.3, 0.4) is 0 Å². The number of hydrogen-bond donors (Lipinski definition) is 2. The predicted octanol–water partition coefficient (Wildman–Crippen LogP) is 3.99. The second-order valence-corrected chi connectivity index (χ2v) is 6.50. The molecular weight excluding hydrogens is 364 g/mol. The Kier molecular flexibility index (Phi) is 4.56. The normalized spacial score (nSPS) is 10.9. The SMILES string of the molecule is COc1cc(NCc2cc3cc(Cl)ccc3[nH]c2=O)ccc1-n1ccnc1. The molecule has 2 heterocycles. The van der Waals surface area contributed by atoms with Gasteiger partial charge in [-0.2, -0.15) is 0 Å². The van der Waals surface area contributed by atoms with Gasteiger partial charge in [0.25, 0.3) is 5.56 Å². The summed E-state index contributed by atoms with van der Waals surface area (Å²) in [6, 6.07) is 13.0. The van der Waals surface area contributed by atoms with Gasteiger partial charge in [0.1, 0.15) is 5.75 Å². The van der Waals surface area contributed by atoms with Crippen LogP contribution in [-0.2, 0) is 6.54 Å². The van der Waals surface area contributed by atoms with Crippen LogP contribution in [0.5, 0.6) is 5.75 Å². The molecule has 0 saturated heterocycles. The van der Waals surface area contributed by atoms with Gasteiger partial charge in [-0.1, -0.05) is 11.6 Å². The summed E-state index contributed by atoms with van der Waals surface area (Å²) in [6.45, 7) is 0.380. The summed E-state index contributed by atoms with van der Waals surface area (Å²) in [5, 5.41) is 4.80. The monoisotopic (exact) mass is 380 g/mol. The first-order valence-electron chi connectivity index (χ1n) is 8.36. The van der Waals surface area contributed by atoms with Crippen LogP contribution in [0.2, 0.25) is 5.02 Å². The van der Waals surface area contributed by atoms with Crippen LogP contribution in [0.15, 0.2) is 66.0 Å². The van der Waals surface area contributed by atoms with Crippen molar-refractivity contribution >= 4 is 28.2 Å². The summed E-state index contributed by atoms with van der Waals surface area (Å²) < 4.78 is 7.36. The molecule has 0 spiro atoms. The van der Waals surface area contributed by atoms with Gasteiger partial charge in [-0.15, -0.1) is 0 Å². The average Bonchev–Trinajstić information content (AvgIpc) is 3.21. The van der Waals surface area contributed by atoms with Crippen molar-refractivity contribution in [1.29, 1.82) is 0 Å². The zero-order valence-corrected chi connectivity index (χ0v) is 15.3. The van der Waals surface area contributed by atoms with Crippen molar-refractivity contribution in [3.8, 4) is 11.4 Å². The van der Waals surface area contributed by atoms with Gasteiger partial charge in [-0.25, -0.2) is 4.98 Å². The van der Waals surface area contributed by atoms with Crippen LogP contribution < -0.4 is 15.6 Å². The summed E-state index contributed by atoms with van der Waals surface area (Å²) in [6.07, 6.45) is 5.28. The number of pyridine rings is 1. The number of aromatic nitrogens is 3. The van der Waals surface area contributed by atoms with E-state index >= 15 is 0 Å². The van der Waals surface area contributed by atoms with Gasteiger partial charge in [0.2, 0.25) is 0 Å². The molecule has 0 aliphatic carbocycles. The second kappa shape index (κ2) is 7.17. The third-order valence-corrected chi connectivity index (χ3v) is 4.56. The van der Waals surface area contributed by atoms with Gasteiger partial charge in [0, 0.05) is 52.2 Å². The van der Waals surface area contributed by atoms with Crippen molar-refractivity contribution in [3.63, 3.8) is 0 Å². The Morgan fingerprint density at radius 3 is 2.89 bits per heavy atom. The summed E-state index contributed by atoms with van der Waals surface area (Å²) in [5.74, 6) is 0.706. The van der Waals surface area contributed by atoms with Gasteiger partial charge in [-0.3, -0.25) is 4.79 Å². The number of hydrogen-bond acceptors (Lipinski definition) is 4. The molecule has 2 N–H and O–H groups in total. The number of H-pyrrole nitrogens is 1. The molecule has 0 amide bonds. The number of nitrogens with zero attached hydrogens (tertiary/aromatic N) is 2. The van der Waals surface area contributed by atoms with Crippen LogP contribution in [0, 0.1) is 0 Å². The third-order valence-electron chi connectivity index (χ3n) is 4.33. The zero-order chi connectivity index (χ0) is 18.8. The van der Waals surface area contributed by atoms with Crippen LogP contribution in [-0.4, -0.2) is 21.6 Å². The Morgan fingerprint density at radius 2 is 2.11 bits per heavy atom. The van der Waals surface area contributed by atoms with Crippen molar-refractivity contribution in [2.45, 2.75) is 6.54 Å². The van der Waals surface area contributed by atoms with Crippen molar-refractivity contribution in [3.05, 3.63) is 82.1 Å². The van der Waals surface area contributed by atoms with E-state index in [4.69, 9.17) is 16.3 Å². The number of fused-ring (bicyclic) bond motifs is 1. The lowest BCUT2D eigenvalue weighted by Gasteiger charge is -2.13. The van der Waals surface area contributed by atoms with E-state index in [1.165, 1.54) is 0 Å². The minimum atomic E-state index is -0.126. The molecule has 4 rings (SSSR count). The Balaban J connectivity index is 1.59. The first-order chi connectivity index (χ1) is 13.1. The summed E-state index contributed by atoms with van der Waals surface area (Å²) in [4.78, 5) is 19.2. The molecule has 27 heavy (non-hydrogen) atoms. The number of ether oxygens (including phenoxy) is 1. The van der Waals surface area contributed by atoms with Crippen molar-refractivity contribution in [2.24, 2.45) is 0 Å². The molecule has 6 nitrogen and oxygen atoms in total. The highest BCUT2D eigenvalue weighted by Crippen LogP contribution is 2.27. The fourth-order valence-electron chi connectivity index (χ4n) is 2.95. The van der Waals surface area contributed by atoms with Crippen molar-refractivity contribution < 1.29 is 4.74 Å². The maximum absolute atomic E-state index is 12.3. The van der Waals surface area contributed by atoms with E-state index in [1.807, 2.05) is 41.1 Å². The molecule has 136 valence electrons. The van der Waals surface area contributed by atoms with Gasteiger partial charge >= 0.3 is 0 Å². The lowest BCUT2D eigenvalue weighted by atomic mass is 10.1. The molecule has 4 aromatic rings. The second-order valence-electron chi connectivity index (χ2n) is 6.07. The third kappa shape index (κ3) is 3.52. The van der Waals surface area contributed by atoms with E-state index in [1.54, 1.807) is 31.8 Å². The van der Waals surface area contributed by atoms with Crippen LogP contribution >= 0.6 is 11.6 Å². The lowest BCUT2D eigenvalue weighted by Crippen LogP contribution is -2.15. The zero-order valence-electron chi connectivity index (χ0n) is 14.6. The highest BCUT2D eigenvalue weighted by molar-refractivity contribution is 6.31. The van der Waals surface area contributed by atoms with E-state index in [-0.39, 0.29) is 5.56 Å². The largest absolute Gasteiger partial charge is 0.494 e. The maximum Gasteiger partial charge on any atom is 0.253 e. The van der Waals surface area contributed by atoms with Gasteiger partial charge in [0.05, 0.1) is 19.1 Å². The first kappa shape index (κ1) is 17.2. The van der Waals surface area contributed by atoms with Crippen LogP contribution in [0.25, 0.3) is 16.6 Å². The molecule has 0 bridgehead atoms. The molecule has 0 aliphatic rings. The van der Waals surface area contributed by atoms with E-state index < -0.39 is 0 Å². The highest BCUT2D eigenvalue weighted by atomic mass is 35.5. The number of rotatable bonds is 5. The van der Waals surface area contributed by atoms with E-state index in [9.17, 15) is 4.79 Å². The minimum absolute atomic E-state index is 0.126. The number of methoxy groups -OCH3 is 1. The molecule has 0 fully saturated rings. The molecule has 2 aromatic carbocycles. The minimum Gasteiger partial charge on any atom is -0.494 e. The number of halogens is 1. The number of benzene rings is 2. The Bertz CT molecular complexity index is 1150. The summed E-state index contributed by atoms with van der Waals surface area (Å²) >= 11 is 6.05. The van der Waals surface area contributed by atoms with Gasteiger partial charge < -0.3 is 19.6 Å². The number of imidazole rings is 1. The molecule has 0 saturated carbocycles. The van der Waals surface area contributed by atoms with Crippen LogP contribution in [0.1, 0.15) is 5.56 Å². The molecule has 0 aliphatic heterocycles. The average molecular weight is 381 g/mol. The molecule has 2 aromatic heterocycles. The van der Waals surface area contributed by atoms with Gasteiger partial charge in [0.15, 0.2) is 0 Å².